The van der Waals surface area contributed by atoms with Crippen molar-refractivity contribution in [3.05, 3.63) is 30.1 Å². The van der Waals surface area contributed by atoms with Gasteiger partial charge >= 0.3 is 0 Å². The predicted octanol–water partition coefficient (Wildman–Crippen LogP) is 0.841. The van der Waals surface area contributed by atoms with E-state index in [1.807, 2.05) is 0 Å². The molecule has 0 radical (unpaired) electrons. The van der Waals surface area contributed by atoms with E-state index in [1.54, 1.807) is 13.8 Å². The third kappa shape index (κ3) is 6.70. The second-order valence-corrected chi connectivity index (χ2v) is 4.85. The maximum atomic E-state index is 12.6. The first kappa shape index (κ1) is 18.6. The van der Waals surface area contributed by atoms with Crippen LogP contribution in [0.3, 0.4) is 0 Å². The summed E-state index contributed by atoms with van der Waals surface area (Å²) < 4.78 is 17.9. The summed E-state index contributed by atoms with van der Waals surface area (Å²) in [6.45, 7) is 3.19. The van der Waals surface area contributed by atoms with Crippen LogP contribution in [0.1, 0.15) is 13.8 Å². The summed E-state index contributed by atoms with van der Waals surface area (Å²) in [5, 5.41) is 12.1. The number of amides is 1. The highest BCUT2D eigenvalue weighted by molar-refractivity contribution is 5.85. The lowest BCUT2D eigenvalue weighted by Crippen LogP contribution is -2.51. The van der Waals surface area contributed by atoms with E-state index in [9.17, 15) is 14.3 Å². The summed E-state index contributed by atoms with van der Waals surface area (Å²) in [5.74, 6) is -0.260. The molecule has 1 rings (SSSR count). The van der Waals surface area contributed by atoms with E-state index >= 15 is 0 Å². The van der Waals surface area contributed by atoms with Crippen LogP contribution in [-0.4, -0.2) is 35.8 Å². The van der Waals surface area contributed by atoms with E-state index in [0.717, 1.165) is 0 Å². The lowest BCUT2D eigenvalue weighted by molar-refractivity contribution is -0.125. The number of benzene rings is 1. The number of nitrogens with one attached hydrogen (secondary N) is 1. The van der Waals surface area contributed by atoms with Gasteiger partial charge in [-0.2, -0.15) is 0 Å². The molecule has 1 amide bonds. The molecule has 1 unspecified atom stereocenters. The number of ether oxygens (including phenoxy) is 1. The van der Waals surface area contributed by atoms with Gasteiger partial charge in [-0.1, -0.05) is 0 Å². The van der Waals surface area contributed by atoms with Crippen molar-refractivity contribution in [2.45, 2.75) is 25.5 Å². The maximum Gasteiger partial charge on any atom is 0.239 e. The van der Waals surface area contributed by atoms with Crippen LogP contribution in [0.15, 0.2) is 24.3 Å². The lowest BCUT2D eigenvalue weighted by Gasteiger charge is -2.19. The van der Waals surface area contributed by atoms with Crippen molar-refractivity contribution in [1.82, 2.24) is 5.32 Å². The highest BCUT2D eigenvalue weighted by atomic mass is 35.5. The van der Waals surface area contributed by atoms with Gasteiger partial charge in [0.25, 0.3) is 0 Å². The molecule has 0 saturated heterocycles. The molecule has 0 aromatic heterocycles. The van der Waals surface area contributed by atoms with Crippen molar-refractivity contribution in [3.63, 3.8) is 0 Å². The molecule has 0 saturated carbocycles. The Balaban J connectivity index is 0.00000361. The van der Waals surface area contributed by atoms with Crippen molar-refractivity contribution >= 4 is 18.3 Å². The zero-order valence-electron chi connectivity index (χ0n) is 11.4. The first-order chi connectivity index (χ1) is 8.79. The number of rotatable bonds is 6. The number of aliphatic hydroxyl groups is 1. The number of carbonyl (C=O) groups is 1. The van der Waals surface area contributed by atoms with Gasteiger partial charge in [0.05, 0.1) is 5.54 Å². The minimum atomic E-state index is -0.989. The Kier molecular flexibility index (Phi) is 7.49. The summed E-state index contributed by atoms with van der Waals surface area (Å²) in [4.78, 5) is 11.5. The zero-order valence-corrected chi connectivity index (χ0v) is 12.2. The van der Waals surface area contributed by atoms with Crippen molar-refractivity contribution in [3.8, 4) is 5.75 Å². The number of halogens is 2. The molecule has 1 atom stereocenters. The van der Waals surface area contributed by atoms with Crippen molar-refractivity contribution in [1.29, 1.82) is 0 Å². The monoisotopic (exact) mass is 306 g/mol. The van der Waals surface area contributed by atoms with Gasteiger partial charge in [-0.05, 0) is 38.1 Å². The molecular formula is C13H20ClFN2O3. The fourth-order valence-electron chi connectivity index (χ4n) is 1.22. The Hall–Kier alpha value is -1.37. The third-order valence-corrected chi connectivity index (χ3v) is 2.34. The van der Waals surface area contributed by atoms with Crippen LogP contribution >= 0.6 is 12.4 Å². The molecule has 20 heavy (non-hydrogen) atoms. The van der Waals surface area contributed by atoms with Gasteiger partial charge in [0.2, 0.25) is 5.91 Å². The second kappa shape index (κ2) is 8.04. The van der Waals surface area contributed by atoms with E-state index < -0.39 is 11.6 Å². The molecule has 0 spiro atoms. The van der Waals surface area contributed by atoms with Crippen LogP contribution in [0.4, 0.5) is 4.39 Å². The summed E-state index contributed by atoms with van der Waals surface area (Å²) >= 11 is 0. The van der Waals surface area contributed by atoms with Gasteiger partial charge in [-0.15, -0.1) is 12.4 Å². The smallest absolute Gasteiger partial charge is 0.239 e. The van der Waals surface area contributed by atoms with Crippen LogP contribution in [0, 0.1) is 5.82 Å². The summed E-state index contributed by atoms with van der Waals surface area (Å²) in [5.41, 5.74) is 4.60. The normalized spacial score (nSPS) is 12.2. The SMILES string of the molecule is CC(C)(N)C(=O)NCC(O)COc1ccc(F)cc1.Cl. The molecule has 0 aliphatic carbocycles. The van der Waals surface area contributed by atoms with E-state index in [2.05, 4.69) is 5.32 Å². The lowest BCUT2D eigenvalue weighted by atomic mass is 10.1. The average Bonchev–Trinajstić information content (AvgIpc) is 2.34. The Morgan fingerprint density at radius 3 is 2.50 bits per heavy atom. The van der Waals surface area contributed by atoms with Gasteiger partial charge in [0, 0.05) is 6.54 Å². The fraction of sp³-hybridized carbons (Fsp3) is 0.462. The second-order valence-electron chi connectivity index (χ2n) is 4.85. The largest absolute Gasteiger partial charge is 0.491 e. The van der Waals surface area contributed by atoms with Crippen LogP contribution < -0.4 is 15.8 Å². The standard InChI is InChI=1S/C13H19FN2O3.ClH/c1-13(2,15)12(18)16-7-10(17)8-19-11-5-3-9(14)4-6-11;/h3-6,10,17H,7-8,15H2,1-2H3,(H,16,18);1H. The van der Waals surface area contributed by atoms with Gasteiger partial charge in [-0.25, -0.2) is 4.39 Å². The van der Waals surface area contributed by atoms with Gasteiger partial charge in [0.15, 0.2) is 0 Å². The number of nitrogens with two attached hydrogens (primary N) is 1. The molecule has 1 aromatic carbocycles. The fourth-order valence-corrected chi connectivity index (χ4v) is 1.22. The Bertz CT molecular complexity index is 421. The zero-order chi connectivity index (χ0) is 14.5. The first-order valence-corrected chi connectivity index (χ1v) is 5.92. The summed E-state index contributed by atoms with van der Waals surface area (Å²) in [6.07, 6.45) is -0.864. The minimum absolute atomic E-state index is 0. The molecule has 0 aliphatic heterocycles. The molecular weight excluding hydrogens is 287 g/mol. The van der Waals surface area contributed by atoms with Crippen molar-refractivity contribution in [2.75, 3.05) is 13.2 Å². The van der Waals surface area contributed by atoms with E-state index in [1.165, 1.54) is 24.3 Å². The molecule has 0 bridgehead atoms. The molecule has 7 heteroatoms. The maximum absolute atomic E-state index is 12.6. The van der Waals surface area contributed by atoms with Gasteiger partial charge in [0.1, 0.15) is 24.3 Å². The molecule has 5 nitrogen and oxygen atoms in total. The topological polar surface area (TPSA) is 84.6 Å². The van der Waals surface area contributed by atoms with E-state index in [4.69, 9.17) is 10.5 Å². The molecule has 4 N–H and O–H groups in total. The minimum Gasteiger partial charge on any atom is -0.491 e. The Labute approximate surface area is 123 Å². The molecule has 0 heterocycles. The van der Waals surface area contributed by atoms with Crippen molar-refractivity contribution < 1.29 is 19.0 Å². The number of carbonyl (C=O) groups excluding carboxylic acids is 1. The number of hydrogen-bond donors (Lipinski definition) is 3. The van der Waals surface area contributed by atoms with Crippen LogP contribution in [-0.2, 0) is 4.79 Å². The molecule has 1 aromatic rings. The molecule has 0 aliphatic rings. The average molecular weight is 307 g/mol. The number of aliphatic hydroxyl groups excluding tert-OH is 1. The number of hydrogen-bond acceptors (Lipinski definition) is 4. The Morgan fingerprint density at radius 2 is 2.00 bits per heavy atom. The third-order valence-electron chi connectivity index (χ3n) is 2.34. The molecule has 0 fully saturated rings. The molecule has 114 valence electrons. The van der Waals surface area contributed by atoms with Gasteiger partial charge < -0.3 is 20.9 Å². The van der Waals surface area contributed by atoms with E-state index in [-0.39, 0.29) is 37.3 Å². The predicted molar refractivity (Wildman–Crippen MR) is 76.4 cm³/mol. The van der Waals surface area contributed by atoms with Crippen LogP contribution in [0.25, 0.3) is 0 Å². The first-order valence-electron chi connectivity index (χ1n) is 5.92. The van der Waals surface area contributed by atoms with Gasteiger partial charge in [-0.3, -0.25) is 4.79 Å². The summed E-state index contributed by atoms with van der Waals surface area (Å²) in [7, 11) is 0. The summed E-state index contributed by atoms with van der Waals surface area (Å²) in [6, 6.07) is 5.45. The van der Waals surface area contributed by atoms with Crippen molar-refractivity contribution in [2.24, 2.45) is 5.73 Å². The van der Waals surface area contributed by atoms with Crippen LogP contribution in [0.5, 0.6) is 5.75 Å². The quantitative estimate of drug-likeness (QED) is 0.727. The van der Waals surface area contributed by atoms with Crippen LogP contribution in [0.2, 0.25) is 0 Å². The van der Waals surface area contributed by atoms with E-state index in [0.29, 0.717) is 5.75 Å². The Morgan fingerprint density at radius 1 is 1.45 bits per heavy atom. The highest BCUT2D eigenvalue weighted by Gasteiger charge is 2.22. The highest BCUT2D eigenvalue weighted by Crippen LogP contribution is 2.11.